The summed E-state index contributed by atoms with van der Waals surface area (Å²) in [6.45, 7) is 0. The minimum atomic E-state index is 0.740. The number of thiazole rings is 1. The number of rotatable bonds is 2. The zero-order valence-corrected chi connectivity index (χ0v) is 8.81. The molecule has 0 saturated heterocycles. The molecule has 2 nitrogen and oxygen atoms in total. The van der Waals surface area contributed by atoms with E-state index in [1.165, 1.54) is 30.7 Å². The zero-order valence-electron chi connectivity index (χ0n) is 7.99. The first kappa shape index (κ1) is 9.16. The van der Waals surface area contributed by atoms with E-state index in [1.54, 1.807) is 11.3 Å². The summed E-state index contributed by atoms with van der Waals surface area (Å²) in [5, 5.41) is 6.78. The zero-order chi connectivity index (χ0) is 9.10. The monoisotopic (exact) mass is 196 g/mol. The lowest BCUT2D eigenvalue weighted by Crippen LogP contribution is -2.29. The highest BCUT2D eigenvalue weighted by Gasteiger charge is 2.22. The van der Waals surface area contributed by atoms with Gasteiger partial charge in [0.25, 0.3) is 0 Å². The van der Waals surface area contributed by atoms with E-state index in [4.69, 9.17) is 0 Å². The Morgan fingerprint density at radius 2 is 2.15 bits per heavy atom. The lowest BCUT2D eigenvalue weighted by Gasteiger charge is -2.26. The molecule has 0 unspecified atom stereocenters. The fraction of sp³-hybridized carbons (Fsp3) is 0.700. The summed E-state index contributed by atoms with van der Waals surface area (Å²) in [5.41, 5.74) is 0. The number of hydrogen-bond donors (Lipinski definition) is 1. The molecule has 0 aliphatic heterocycles. The van der Waals surface area contributed by atoms with Crippen molar-refractivity contribution >= 4 is 11.3 Å². The second-order valence-corrected chi connectivity index (χ2v) is 4.63. The quantitative estimate of drug-likeness (QED) is 0.785. The summed E-state index contributed by atoms with van der Waals surface area (Å²) in [7, 11) is 2.06. The van der Waals surface area contributed by atoms with E-state index in [1.807, 2.05) is 6.20 Å². The molecule has 1 N–H and O–H groups in total. The summed E-state index contributed by atoms with van der Waals surface area (Å²) in [5.74, 6) is 0.740. The molecule has 1 aliphatic carbocycles. The van der Waals surface area contributed by atoms with Gasteiger partial charge in [-0.2, -0.15) is 0 Å². The normalized spacial score (nSPS) is 29.0. The van der Waals surface area contributed by atoms with Gasteiger partial charge in [-0.3, -0.25) is 0 Å². The minimum absolute atomic E-state index is 0.740. The summed E-state index contributed by atoms with van der Waals surface area (Å²) in [6, 6.07) is 0.746. The van der Waals surface area contributed by atoms with Crippen molar-refractivity contribution in [1.29, 1.82) is 0 Å². The maximum Gasteiger partial charge on any atom is 0.0955 e. The van der Waals surface area contributed by atoms with Gasteiger partial charge in [0.05, 0.1) is 5.01 Å². The molecule has 1 aromatic rings. The van der Waals surface area contributed by atoms with Gasteiger partial charge in [0, 0.05) is 23.5 Å². The lowest BCUT2D eigenvalue weighted by molar-refractivity contribution is 0.358. The Kier molecular flexibility index (Phi) is 2.96. The van der Waals surface area contributed by atoms with Crippen molar-refractivity contribution in [1.82, 2.24) is 10.3 Å². The molecule has 0 bridgehead atoms. The van der Waals surface area contributed by atoms with Gasteiger partial charge in [0.2, 0.25) is 0 Å². The Hall–Kier alpha value is -0.410. The SMILES string of the molecule is CNC1CCC(c2nccs2)CC1. The fourth-order valence-electron chi connectivity index (χ4n) is 2.07. The van der Waals surface area contributed by atoms with Crippen LogP contribution < -0.4 is 5.32 Å². The van der Waals surface area contributed by atoms with Crippen molar-refractivity contribution < 1.29 is 0 Å². The number of hydrogen-bond acceptors (Lipinski definition) is 3. The van der Waals surface area contributed by atoms with E-state index >= 15 is 0 Å². The maximum atomic E-state index is 4.39. The second-order valence-electron chi connectivity index (χ2n) is 3.71. The summed E-state index contributed by atoms with van der Waals surface area (Å²) in [6.07, 6.45) is 7.14. The molecule has 1 fully saturated rings. The highest BCUT2D eigenvalue weighted by Crippen LogP contribution is 2.33. The fourth-order valence-corrected chi connectivity index (χ4v) is 2.88. The molecular formula is C10H16N2S. The average Bonchev–Trinajstić information content (AvgIpc) is 2.71. The molecular weight excluding hydrogens is 180 g/mol. The van der Waals surface area contributed by atoms with Crippen LogP contribution in [0.4, 0.5) is 0 Å². The van der Waals surface area contributed by atoms with E-state index in [0.29, 0.717) is 0 Å². The van der Waals surface area contributed by atoms with Crippen LogP contribution in [0.15, 0.2) is 11.6 Å². The van der Waals surface area contributed by atoms with Crippen molar-refractivity contribution in [2.45, 2.75) is 37.6 Å². The van der Waals surface area contributed by atoms with Crippen molar-refractivity contribution in [2.75, 3.05) is 7.05 Å². The van der Waals surface area contributed by atoms with E-state index in [0.717, 1.165) is 12.0 Å². The van der Waals surface area contributed by atoms with Gasteiger partial charge < -0.3 is 5.32 Å². The Labute approximate surface area is 83.4 Å². The topological polar surface area (TPSA) is 24.9 Å². The highest BCUT2D eigenvalue weighted by molar-refractivity contribution is 7.09. The van der Waals surface area contributed by atoms with Gasteiger partial charge in [0.15, 0.2) is 0 Å². The first-order valence-corrected chi connectivity index (χ1v) is 5.84. The molecule has 1 aliphatic rings. The molecule has 3 heteroatoms. The molecule has 0 atom stereocenters. The smallest absolute Gasteiger partial charge is 0.0955 e. The molecule has 13 heavy (non-hydrogen) atoms. The maximum absolute atomic E-state index is 4.39. The lowest BCUT2D eigenvalue weighted by atomic mass is 9.86. The predicted molar refractivity (Wildman–Crippen MR) is 56.2 cm³/mol. The number of nitrogens with one attached hydrogen (secondary N) is 1. The van der Waals surface area contributed by atoms with Crippen molar-refractivity contribution in [3.8, 4) is 0 Å². The molecule has 1 aromatic heterocycles. The first-order chi connectivity index (χ1) is 6.40. The Morgan fingerprint density at radius 1 is 1.38 bits per heavy atom. The summed E-state index contributed by atoms with van der Waals surface area (Å²) >= 11 is 1.81. The van der Waals surface area contributed by atoms with Crippen LogP contribution in [0.1, 0.15) is 36.6 Å². The van der Waals surface area contributed by atoms with Gasteiger partial charge in [-0.25, -0.2) is 4.98 Å². The third kappa shape index (κ3) is 2.09. The number of nitrogens with zero attached hydrogens (tertiary/aromatic N) is 1. The molecule has 72 valence electrons. The average molecular weight is 196 g/mol. The van der Waals surface area contributed by atoms with Gasteiger partial charge in [0.1, 0.15) is 0 Å². The van der Waals surface area contributed by atoms with Crippen LogP contribution in [0.5, 0.6) is 0 Å². The number of aromatic nitrogens is 1. The van der Waals surface area contributed by atoms with Gasteiger partial charge in [-0.05, 0) is 32.7 Å². The molecule has 0 amide bonds. The van der Waals surface area contributed by atoms with Crippen LogP contribution in [-0.4, -0.2) is 18.1 Å². The second kappa shape index (κ2) is 4.20. The highest BCUT2D eigenvalue weighted by atomic mass is 32.1. The largest absolute Gasteiger partial charge is 0.317 e. The molecule has 0 spiro atoms. The standard InChI is InChI=1S/C10H16N2S/c1-11-9-4-2-8(3-5-9)10-12-6-7-13-10/h6-9,11H,2-5H2,1H3. The molecule has 1 saturated carbocycles. The van der Waals surface area contributed by atoms with Crippen LogP contribution >= 0.6 is 11.3 Å². The molecule has 1 heterocycles. The Bertz CT molecular complexity index is 237. The van der Waals surface area contributed by atoms with E-state index < -0.39 is 0 Å². The van der Waals surface area contributed by atoms with E-state index in [2.05, 4.69) is 22.7 Å². The summed E-state index contributed by atoms with van der Waals surface area (Å²) < 4.78 is 0. The van der Waals surface area contributed by atoms with Gasteiger partial charge in [-0.1, -0.05) is 0 Å². The minimum Gasteiger partial charge on any atom is -0.317 e. The van der Waals surface area contributed by atoms with Crippen LogP contribution in [0.2, 0.25) is 0 Å². The van der Waals surface area contributed by atoms with Crippen LogP contribution in [0.3, 0.4) is 0 Å². The van der Waals surface area contributed by atoms with Crippen LogP contribution in [0, 0.1) is 0 Å². The van der Waals surface area contributed by atoms with E-state index in [9.17, 15) is 0 Å². The molecule has 2 rings (SSSR count). The van der Waals surface area contributed by atoms with E-state index in [-0.39, 0.29) is 0 Å². The third-order valence-corrected chi connectivity index (χ3v) is 3.87. The van der Waals surface area contributed by atoms with Crippen LogP contribution in [-0.2, 0) is 0 Å². The molecule has 0 radical (unpaired) electrons. The van der Waals surface area contributed by atoms with Gasteiger partial charge >= 0.3 is 0 Å². The Morgan fingerprint density at radius 3 is 2.69 bits per heavy atom. The summed E-state index contributed by atoms with van der Waals surface area (Å²) in [4.78, 5) is 4.39. The van der Waals surface area contributed by atoms with Crippen molar-refractivity contribution in [3.05, 3.63) is 16.6 Å². The molecule has 0 aromatic carbocycles. The van der Waals surface area contributed by atoms with Crippen molar-refractivity contribution in [3.63, 3.8) is 0 Å². The van der Waals surface area contributed by atoms with Gasteiger partial charge in [-0.15, -0.1) is 11.3 Å². The van der Waals surface area contributed by atoms with Crippen molar-refractivity contribution in [2.24, 2.45) is 0 Å². The predicted octanol–water partition coefficient (Wildman–Crippen LogP) is 2.39. The third-order valence-electron chi connectivity index (χ3n) is 2.94. The first-order valence-electron chi connectivity index (χ1n) is 4.97. The Balaban J connectivity index is 1.92. The van der Waals surface area contributed by atoms with Crippen LogP contribution in [0.25, 0.3) is 0 Å².